The summed E-state index contributed by atoms with van der Waals surface area (Å²) in [7, 11) is 0. The summed E-state index contributed by atoms with van der Waals surface area (Å²) in [6, 6.07) is 4.29. The van der Waals surface area contributed by atoms with Crippen LogP contribution in [0, 0.1) is 52.9 Å². The topological polar surface area (TPSA) is 18.5 Å². The molecule has 43 heavy (non-hydrogen) atoms. The quantitative estimate of drug-likeness (QED) is 0.217. The van der Waals surface area contributed by atoms with E-state index in [4.69, 9.17) is 4.74 Å². The van der Waals surface area contributed by atoms with E-state index < -0.39 is 59.0 Å². The van der Waals surface area contributed by atoms with E-state index in [1.165, 1.54) is 37.8 Å². The van der Waals surface area contributed by atoms with E-state index in [0.717, 1.165) is 24.8 Å². The molecule has 3 fully saturated rings. The van der Waals surface area contributed by atoms with Gasteiger partial charge in [-0.25, -0.2) is 17.6 Å². The van der Waals surface area contributed by atoms with E-state index in [0.29, 0.717) is 36.8 Å². The highest BCUT2D eigenvalue weighted by Gasteiger charge is 2.46. The molecule has 3 aliphatic carbocycles. The van der Waals surface area contributed by atoms with Crippen molar-refractivity contribution in [1.29, 1.82) is 0 Å². The van der Waals surface area contributed by atoms with Gasteiger partial charge in [0.05, 0.1) is 11.8 Å². The predicted octanol–water partition coefficient (Wildman–Crippen LogP) is 10.8. The molecule has 0 N–H and O–H groups in total. The summed E-state index contributed by atoms with van der Waals surface area (Å²) in [4.78, 5) is 0. The molecule has 10 heteroatoms. The standard InChI is InChI=1S/C33H38F8O2/c1-19-2-4-20(5-3-19)21-6-10-23(11-7-21)32(38,39)42-25-14-15-27(28(34)16-25)22-8-12-24(13-9-22)33(40,41)43-26-17-29(35)31(37)30(36)18-26/h14-24H,2-13H2,1H3. The van der Waals surface area contributed by atoms with Gasteiger partial charge in [-0.3, -0.25) is 0 Å². The molecule has 3 aliphatic rings. The van der Waals surface area contributed by atoms with Gasteiger partial charge in [-0.15, -0.1) is 0 Å². The van der Waals surface area contributed by atoms with Crippen LogP contribution in [0.25, 0.3) is 0 Å². The summed E-state index contributed by atoms with van der Waals surface area (Å²) in [5.41, 5.74) is 0.225. The first kappa shape index (κ1) is 31.9. The van der Waals surface area contributed by atoms with Crippen molar-refractivity contribution in [2.75, 3.05) is 0 Å². The van der Waals surface area contributed by atoms with Crippen molar-refractivity contribution in [3.63, 3.8) is 0 Å². The van der Waals surface area contributed by atoms with Crippen molar-refractivity contribution < 1.29 is 44.6 Å². The number of benzene rings is 2. The van der Waals surface area contributed by atoms with Crippen LogP contribution < -0.4 is 9.47 Å². The Morgan fingerprint density at radius 1 is 0.558 bits per heavy atom. The first-order valence-electron chi connectivity index (χ1n) is 15.4. The minimum atomic E-state index is -3.79. The molecule has 0 amide bonds. The maximum atomic E-state index is 15.1. The van der Waals surface area contributed by atoms with E-state index in [2.05, 4.69) is 11.7 Å². The Balaban J connectivity index is 1.13. The summed E-state index contributed by atoms with van der Waals surface area (Å²) in [5.74, 6) is -7.78. The van der Waals surface area contributed by atoms with Crippen LogP contribution in [-0.2, 0) is 0 Å². The molecule has 238 valence electrons. The first-order chi connectivity index (χ1) is 20.3. The Bertz CT molecular complexity index is 1220. The molecule has 2 aromatic carbocycles. The van der Waals surface area contributed by atoms with Gasteiger partial charge in [0.1, 0.15) is 17.3 Å². The smallest absolute Gasteiger partial charge is 0.400 e. The molecular weight excluding hydrogens is 580 g/mol. The summed E-state index contributed by atoms with van der Waals surface area (Å²) in [5, 5.41) is 0. The number of alkyl halides is 4. The Kier molecular flexibility index (Phi) is 9.52. The van der Waals surface area contributed by atoms with Crippen LogP contribution >= 0.6 is 0 Å². The van der Waals surface area contributed by atoms with Gasteiger partial charge in [0.2, 0.25) is 0 Å². The second kappa shape index (κ2) is 12.8. The van der Waals surface area contributed by atoms with E-state index in [1.807, 2.05) is 0 Å². The normalized spacial score (nSPS) is 28.9. The lowest BCUT2D eigenvalue weighted by Gasteiger charge is -2.38. The van der Waals surface area contributed by atoms with Crippen LogP contribution in [0.5, 0.6) is 11.5 Å². The van der Waals surface area contributed by atoms with Gasteiger partial charge < -0.3 is 9.47 Å². The Hall–Kier alpha value is -2.52. The van der Waals surface area contributed by atoms with Crippen molar-refractivity contribution in [2.45, 2.75) is 102 Å². The van der Waals surface area contributed by atoms with Gasteiger partial charge in [-0.2, -0.15) is 17.6 Å². The van der Waals surface area contributed by atoms with Crippen molar-refractivity contribution in [1.82, 2.24) is 0 Å². The lowest BCUT2D eigenvalue weighted by Crippen LogP contribution is -2.38. The Morgan fingerprint density at radius 2 is 1.00 bits per heavy atom. The SMILES string of the molecule is CC1CCC(C2CCC(C(F)(F)Oc3ccc(C4CCC(C(F)(F)Oc5cc(F)c(F)c(F)c5)CC4)c(F)c3)CC2)CC1. The highest BCUT2D eigenvalue weighted by molar-refractivity contribution is 5.32. The monoisotopic (exact) mass is 618 g/mol. The van der Waals surface area contributed by atoms with E-state index in [1.54, 1.807) is 0 Å². The largest absolute Gasteiger partial charge is 0.432 e. The Labute approximate surface area is 247 Å². The third-order valence-corrected chi connectivity index (χ3v) is 10.1. The summed E-state index contributed by atoms with van der Waals surface area (Å²) in [6.07, 6.45) is -0.0800. The van der Waals surface area contributed by atoms with E-state index in [-0.39, 0.29) is 37.0 Å². The van der Waals surface area contributed by atoms with Crippen LogP contribution in [0.1, 0.15) is 95.5 Å². The van der Waals surface area contributed by atoms with E-state index >= 15 is 13.2 Å². The predicted molar refractivity (Wildman–Crippen MR) is 145 cm³/mol. The molecule has 0 spiro atoms. The molecule has 0 radical (unpaired) electrons. The summed E-state index contributed by atoms with van der Waals surface area (Å²) >= 11 is 0. The second-order valence-electron chi connectivity index (χ2n) is 12.9. The zero-order valence-electron chi connectivity index (χ0n) is 24.2. The number of rotatable bonds is 8. The molecule has 0 heterocycles. The lowest BCUT2D eigenvalue weighted by atomic mass is 9.69. The van der Waals surface area contributed by atoms with Gasteiger partial charge >= 0.3 is 12.2 Å². The van der Waals surface area contributed by atoms with Gasteiger partial charge in [0.25, 0.3) is 0 Å². The molecular formula is C33H38F8O2. The van der Waals surface area contributed by atoms with Gasteiger partial charge in [0.15, 0.2) is 17.5 Å². The second-order valence-corrected chi connectivity index (χ2v) is 12.9. The molecule has 5 rings (SSSR count). The minimum absolute atomic E-state index is 0.0812. The average molecular weight is 619 g/mol. The lowest BCUT2D eigenvalue weighted by molar-refractivity contribution is -0.224. The van der Waals surface area contributed by atoms with Crippen LogP contribution in [0.4, 0.5) is 35.1 Å². The zero-order chi connectivity index (χ0) is 30.9. The third kappa shape index (κ3) is 7.42. The molecule has 3 saturated carbocycles. The van der Waals surface area contributed by atoms with Crippen molar-refractivity contribution in [3.05, 3.63) is 59.2 Å². The van der Waals surface area contributed by atoms with Crippen molar-refractivity contribution >= 4 is 0 Å². The third-order valence-electron chi connectivity index (χ3n) is 10.1. The highest BCUT2D eigenvalue weighted by atomic mass is 19.3. The summed E-state index contributed by atoms with van der Waals surface area (Å²) < 4.78 is 124. The first-order valence-corrected chi connectivity index (χ1v) is 15.4. The van der Waals surface area contributed by atoms with Crippen LogP contribution in [0.2, 0.25) is 0 Å². The Morgan fingerprint density at radius 3 is 1.51 bits per heavy atom. The van der Waals surface area contributed by atoms with Crippen LogP contribution in [0.15, 0.2) is 30.3 Å². The molecule has 0 saturated heterocycles. The number of hydrogen-bond acceptors (Lipinski definition) is 2. The molecule has 0 bridgehead atoms. The molecule has 0 aromatic heterocycles. The fourth-order valence-corrected chi connectivity index (χ4v) is 7.40. The van der Waals surface area contributed by atoms with Crippen LogP contribution in [-0.4, -0.2) is 12.2 Å². The molecule has 0 unspecified atom stereocenters. The number of hydrogen-bond donors (Lipinski definition) is 0. The van der Waals surface area contributed by atoms with Gasteiger partial charge in [-0.05, 0) is 99.5 Å². The number of halogens is 8. The molecule has 2 aromatic rings. The maximum Gasteiger partial charge on any atom is 0.400 e. The molecule has 0 aliphatic heterocycles. The fourth-order valence-electron chi connectivity index (χ4n) is 7.40. The fraction of sp³-hybridized carbons (Fsp3) is 0.636. The van der Waals surface area contributed by atoms with Crippen molar-refractivity contribution in [3.8, 4) is 11.5 Å². The van der Waals surface area contributed by atoms with E-state index in [9.17, 15) is 22.0 Å². The zero-order valence-corrected chi connectivity index (χ0v) is 24.2. The van der Waals surface area contributed by atoms with Gasteiger partial charge in [-0.1, -0.05) is 25.8 Å². The number of ether oxygens (including phenoxy) is 2. The molecule has 0 atom stereocenters. The van der Waals surface area contributed by atoms with Crippen LogP contribution in [0.3, 0.4) is 0 Å². The maximum absolute atomic E-state index is 15.1. The average Bonchev–Trinajstić information content (AvgIpc) is 2.96. The summed E-state index contributed by atoms with van der Waals surface area (Å²) in [6.45, 7) is 2.26. The van der Waals surface area contributed by atoms with Crippen molar-refractivity contribution in [2.24, 2.45) is 29.6 Å². The molecule has 2 nitrogen and oxygen atoms in total. The highest BCUT2D eigenvalue weighted by Crippen LogP contribution is 2.47. The van der Waals surface area contributed by atoms with Gasteiger partial charge in [0, 0.05) is 18.2 Å². The minimum Gasteiger partial charge on any atom is -0.432 e.